The summed E-state index contributed by atoms with van der Waals surface area (Å²) in [5, 5.41) is 13.8. The third-order valence-electron chi connectivity index (χ3n) is 10.9. The lowest BCUT2D eigenvalue weighted by Gasteiger charge is -2.42. The molecule has 0 unspecified atom stereocenters. The SMILES string of the molecule is CC1(C)CNc2ccc(N3CCC4(CC3)C[C@@H](CC(=O)N[C@H](Cc3ccc(F)c(F)c3)CN3CCOCC3)c3ccc(F)cc34)cc2O1.O=C(O)C(F)(F)F. The predicted octanol–water partition coefficient (Wildman–Crippen LogP) is 6.80. The first-order chi connectivity index (χ1) is 26.0. The number of benzene rings is 3. The number of aliphatic carboxylic acids is 1. The Kier molecular flexibility index (Phi) is 11.9. The first kappa shape index (κ1) is 40.2. The first-order valence-corrected chi connectivity index (χ1v) is 18.5. The van der Waals surface area contributed by atoms with Crippen LogP contribution < -0.4 is 20.3 Å². The molecule has 3 aromatic rings. The number of alkyl halides is 3. The summed E-state index contributed by atoms with van der Waals surface area (Å²) in [6.45, 7) is 9.87. The summed E-state index contributed by atoms with van der Waals surface area (Å²) >= 11 is 0. The van der Waals surface area contributed by atoms with Crippen molar-refractivity contribution in [2.75, 3.05) is 62.7 Å². The van der Waals surface area contributed by atoms with Gasteiger partial charge in [-0.05, 0) is 104 Å². The minimum Gasteiger partial charge on any atom is -0.484 e. The molecule has 2 atom stereocenters. The van der Waals surface area contributed by atoms with Gasteiger partial charge in [0.2, 0.25) is 5.91 Å². The van der Waals surface area contributed by atoms with Gasteiger partial charge < -0.3 is 30.1 Å². The average Bonchev–Trinajstić information content (AvgIpc) is 3.40. The Balaban J connectivity index is 0.000000672. The van der Waals surface area contributed by atoms with Crippen molar-refractivity contribution < 1.29 is 50.5 Å². The molecule has 2 saturated heterocycles. The molecule has 0 radical (unpaired) electrons. The van der Waals surface area contributed by atoms with Crippen LogP contribution >= 0.6 is 0 Å². The van der Waals surface area contributed by atoms with Crippen molar-refractivity contribution in [2.24, 2.45) is 0 Å². The molecule has 1 amide bonds. The van der Waals surface area contributed by atoms with Crippen LogP contribution in [0.5, 0.6) is 5.75 Å². The molecule has 3 N–H and O–H groups in total. The summed E-state index contributed by atoms with van der Waals surface area (Å²) in [6.07, 6.45) is -1.91. The zero-order chi connectivity index (χ0) is 39.5. The molecule has 55 heavy (non-hydrogen) atoms. The van der Waals surface area contributed by atoms with Crippen LogP contribution in [0.4, 0.5) is 37.7 Å². The molecule has 7 rings (SSSR count). The number of carbonyl (C=O) groups excluding carboxylic acids is 1. The van der Waals surface area contributed by atoms with Crippen molar-refractivity contribution in [3.8, 4) is 5.75 Å². The second-order valence-electron chi connectivity index (χ2n) is 15.4. The number of nitrogens with one attached hydrogen (secondary N) is 2. The van der Waals surface area contributed by atoms with Crippen molar-refractivity contribution in [3.63, 3.8) is 0 Å². The van der Waals surface area contributed by atoms with E-state index in [0.29, 0.717) is 31.7 Å². The molecule has 3 aliphatic heterocycles. The lowest BCUT2D eigenvalue weighted by molar-refractivity contribution is -0.192. The maximum absolute atomic E-state index is 14.7. The predicted molar refractivity (Wildman–Crippen MR) is 194 cm³/mol. The van der Waals surface area contributed by atoms with Crippen molar-refractivity contribution in [2.45, 2.75) is 75.1 Å². The van der Waals surface area contributed by atoms with E-state index in [-0.39, 0.29) is 41.1 Å². The second kappa shape index (κ2) is 16.3. The lowest BCUT2D eigenvalue weighted by atomic mass is 9.73. The van der Waals surface area contributed by atoms with E-state index in [4.69, 9.17) is 19.4 Å². The number of hydrogen-bond acceptors (Lipinski definition) is 7. The van der Waals surface area contributed by atoms with Gasteiger partial charge in [0.25, 0.3) is 0 Å². The molecule has 4 aliphatic rings. The van der Waals surface area contributed by atoms with Gasteiger partial charge in [-0.3, -0.25) is 9.69 Å². The largest absolute Gasteiger partial charge is 0.490 e. The number of carboxylic acids is 1. The molecule has 298 valence electrons. The molecule has 3 aromatic carbocycles. The van der Waals surface area contributed by atoms with Gasteiger partial charge in [0.05, 0.1) is 25.4 Å². The van der Waals surface area contributed by atoms with Gasteiger partial charge in [0.15, 0.2) is 11.6 Å². The van der Waals surface area contributed by atoms with Gasteiger partial charge in [-0.25, -0.2) is 18.0 Å². The third kappa shape index (κ3) is 9.85. The quantitative estimate of drug-likeness (QED) is 0.215. The van der Waals surface area contributed by atoms with Crippen LogP contribution in [0, 0.1) is 17.5 Å². The van der Waals surface area contributed by atoms with E-state index < -0.39 is 23.8 Å². The number of ether oxygens (including phenoxy) is 2. The fraction of sp³-hybridized carbons (Fsp3) is 0.500. The number of rotatable bonds is 8. The standard InChI is InChI=1S/C38H45F3N4O3.C2HF3O2/c1-37(2)24-42-34-8-5-29(21-35(34)48-37)45-11-9-38(10-12-45)22-26(30-6-4-27(39)20-31(30)38)19-36(46)43-28(23-44-13-15-47-16-14-44)17-25-3-7-32(40)33(41)18-25;3-2(4,5)1(6)7/h3-8,18,20-21,26,28,42H,9-17,19,22-24H2,1-2H3,(H,43,46);(H,6,7)/t26-,28-;/m1./s1. The summed E-state index contributed by atoms with van der Waals surface area (Å²) in [4.78, 5) is 27.2. The van der Waals surface area contributed by atoms with Crippen LogP contribution in [-0.4, -0.2) is 92.2 Å². The Morgan fingerprint density at radius 2 is 1.67 bits per heavy atom. The van der Waals surface area contributed by atoms with Crippen molar-refractivity contribution in [1.29, 1.82) is 0 Å². The van der Waals surface area contributed by atoms with Gasteiger partial charge in [-0.15, -0.1) is 0 Å². The number of hydrogen-bond donors (Lipinski definition) is 3. The summed E-state index contributed by atoms with van der Waals surface area (Å²) in [6, 6.07) is 15.0. The Morgan fingerprint density at radius 3 is 2.35 bits per heavy atom. The normalized spacial score (nSPS) is 20.6. The highest BCUT2D eigenvalue weighted by Gasteiger charge is 2.46. The van der Waals surface area contributed by atoms with Gasteiger partial charge in [0.1, 0.15) is 17.2 Å². The topological polar surface area (TPSA) is 103 Å². The fourth-order valence-corrected chi connectivity index (χ4v) is 8.18. The van der Waals surface area contributed by atoms with Crippen molar-refractivity contribution >= 4 is 23.3 Å². The van der Waals surface area contributed by atoms with Crippen LogP contribution in [-0.2, 0) is 26.2 Å². The summed E-state index contributed by atoms with van der Waals surface area (Å²) in [7, 11) is 0. The van der Waals surface area contributed by atoms with E-state index in [1.54, 1.807) is 12.1 Å². The highest BCUT2D eigenvalue weighted by atomic mass is 19.4. The van der Waals surface area contributed by atoms with E-state index in [1.807, 2.05) is 6.07 Å². The molecule has 15 heteroatoms. The molecule has 1 spiro atoms. The summed E-state index contributed by atoms with van der Waals surface area (Å²) < 4.78 is 85.9. The Hall–Kier alpha value is -4.50. The molecule has 9 nitrogen and oxygen atoms in total. The van der Waals surface area contributed by atoms with Gasteiger partial charge in [-0.1, -0.05) is 12.1 Å². The van der Waals surface area contributed by atoms with Crippen LogP contribution in [0.1, 0.15) is 62.1 Å². The second-order valence-corrected chi connectivity index (χ2v) is 15.4. The Morgan fingerprint density at radius 1 is 0.964 bits per heavy atom. The highest BCUT2D eigenvalue weighted by molar-refractivity contribution is 5.78. The molecular formula is C40H46F6N4O5. The zero-order valence-electron chi connectivity index (χ0n) is 30.8. The van der Waals surface area contributed by atoms with Crippen molar-refractivity contribution in [1.82, 2.24) is 10.2 Å². The fourth-order valence-electron chi connectivity index (χ4n) is 8.18. The molecule has 3 heterocycles. The number of nitrogens with zero attached hydrogens (tertiary/aromatic N) is 2. The summed E-state index contributed by atoms with van der Waals surface area (Å²) in [5.74, 6) is -4.05. The molecular weight excluding hydrogens is 730 g/mol. The molecule has 0 aromatic heterocycles. The average molecular weight is 777 g/mol. The van der Waals surface area contributed by atoms with Crippen LogP contribution in [0.15, 0.2) is 54.6 Å². The van der Waals surface area contributed by atoms with E-state index in [2.05, 4.69) is 52.5 Å². The van der Waals surface area contributed by atoms with Crippen molar-refractivity contribution in [3.05, 3.63) is 88.7 Å². The summed E-state index contributed by atoms with van der Waals surface area (Å²) in [5.41, 5.74) is 4.36. The number of amides is 1. The van der Waals surface area contributed by atoms with Gasteiger partial charge in [-0.2, -0.15) is 13.2 Å². The van der Waals surface area contributed by atoms with Crippen LogP contribution in [0.25, 0.3) is 0 Å². The van der Waals surface area contributed by atoms with E-state index in [0.717, 1.165) is 86.3 Å². The maximum atomic E-state index is 14.7. The number of morpholine rings is 1. The number of anilines is 2. The molecule has 1 aliphatic carbocycles. The van der Waals surface area contributed by atoms with Gasteiger partial charge in [0, 0.05) is 56.9 Å². The third-order valence-corrected chi connectivity index (χ3v) is 10.9. The maximum Gasteiger partial charge on any atom is 0.490 e. The Bertz CT molecular complexity index is 1860. The first-order valence-electron chi connectivity index (χ1n) is 18.5. The van der Waals surface area contributed by atoms with E-state index in [9.17, 15) is 31.1 Å². The number of halogens is 6. The minimum absolute atomic E-state index is 0.0371. The molecule has 2 fully saturated rings. The number of carbonyl (C=O) groups is 2. The number of carboxylic acid groups (broad SMARTS) is 1. The zero-order valence-corrected chi connectivity index (χ0v) is 30.8. The van der Waals surface area contributed by atoms with Crippen LogP contribution in [0.3, 0.4) is 0 Å². The molecule has 0 bridgehead atoms. The highest BCUT2D eigenvalue weighted by Crippen LogP contribution is 2.53. The monoisotopic (exact) mass is 776 g/mol. The molecule has 0 saturated carbocycles. The number of fused-ring (bicyclic) bond motifs is 3. The van der Waals surface area contributed by atoms with Crippen LogP contribution in [0.2, 0.25) is 0 Å². The minimum atomic E-state index is -5.08. The number of piperidine rings is 1. The van der Waals surface area contributed by atoms with E-state index >= 15 is 0 Å². The Labute approximate surface area is 316 Å². The van der Waals surface area contributed by atoms with E-state index in [1.165, 1.54) is 12.1 Å². The lowest BCUT2D eigenvalue weighted by Crippen LogP contribution is -2.48. The smallest absolute Gasteiger partial charge is 0.484 e. The van der Waals surface area contributed by atoms with Gasteiger partial charge >= 0.3 is 12.1 Å².